The third-order valence-electron chi connectivity index (χ3n) is 2.41. The van der Waals surface area contributed by atoms with Crippen LogP contribution in [0.25, 0.3) is 10.8 Å². The molecule has 0 unspecified atom stereocenters. The second kappa shape index (κ2) is 3.37. The van der Waals surface area contributed by atoms with Crippen molar-refractivity contribution in [1.29, 1.82) is 0 Å². The van der Waals surface area contributed by atoms with Crippen LogP contribution in [0.2, 0.25) is 0 Å². The number of pyridine rings is 1. The van der Waals surface area contributed by atoms with Crippen LogP contribution < -0.4 is 5.73 Å². The van der Waals surface area contributed by atoms with E-state index in [9.17, 15) is 13.2 Å². The Kier molecular flexibility index (Phi) is 2.26. The van der Waals surface area contributed by atoms with Crippen molar-refractivity contribution >= 4 is 16.6 Å². The number of benzene rings is 1. The van der Waals surface area contributed by atoms with E-state index >= 15 is 0 Å². The molecule has 2 N–H and O–H groups in total. The lowest BCUT2D eigenvalue weighted by Gasteiger charge is -2.13. The number of anilines is 1. The van der Waals surface area contributed by atoms with Gasteiger partial charge in [0.05, 0.1) is 0 Å². The zero-order chi connectivity index (χ0) is 11.9. The summed E-state index contributed by atoms with van der Waals surface area (Å²) in [7, 11) is 0. The van der Waals surface area contributed by atoms with Gasteiger partial charge in [0.25, 0.3) is 0 Å². The molecule has 0 radical (unpaired) electrons. The minimum Gasteiger partial charge on any atom is -0.383 e. The first kappa shape index (κ1) is 10.7. The van der Waals surface area contributed by atoms with Gasteiger partial charge in [-0.15, -0.1) is 0 Å². The Morgan fingerprint density at radius 2 is 1.69 bits per heavy atom. The van der Waals surface area contributed by atoms with E-state index < -0.39 is 17.6 Å². The van der Waals surface area contributed by atoms with Crippen molar-refractivity contribution in [2.75, 3.05) is 5.73 Å². The van der Waals surface area contributed by atoms with Gasteiger partial charge in [0.1, 0.15) is 11.4 Å². The molecule has 1 heterocycles. The summed E-state index contributed by atoms with van der Waals surface area (Å²) >= 11 is 0. The largest absolute Gasteiger partial charge is 0.420 e. The molecule has 0 bridgehead atoms. The van der Waals surface area contributed by atoms with Gasteiger partial charge >= 0.3 is 6.18 Å². The molecule has 0 fully saturated rings. The first-order valence-electron chi connectivity index (χ1n) is 4.63. The molecular weight excluding hydrogens is 217 g/mol. The van der Waals surface area contributed by atoms with Crippen molar-refractivity contribution in [3.8, 4) is 0 Å². The number of rotatable bonds is 0. The van der Waals surface area contributed by atoms with Gasteiger partial charge in [-0.05, 0) is 12.3 Å². The number of aryl methyl sites for hydroxylation is 1. The van der Waals surface area contributed by atoms with Crippen LogP contribution in [-0.4, -0.2) is 4.98 Å². The van der Waals surface area contributed by atoms with E-state index in [1.54, 1.807) is 25.1 Å². The highest BCUT2D eigenvalue weighted by Gasteiger charge is 2.36. The predicted molar refractivity (Wildman–Crippen MR) is 55.9 cm³/mol. The van der Waals surface area contributed by atoms with Gasteiger partial charge in [-0.25, -0.2) is 4.98 Å². The number of hydrogen-bond donors (Lipinski definition) is 1. The third kappa shape index (κ3) is 1.58. The zero-order valence-electron chi connectivity index (χ0n) is 8.47. The molecule has 84 valence electrons. The summed E-state index contributed by atoms with van der Waals surface area (Å²) in [6, 6.07) is 6.24. The smallest absolute Gasteiger partial charge is 0.383 e. The number of halogens is 3. The first-order valence-corrected chi connectivity index (χ1v) is 4.63. The fourth-order valence-electron chi connectivity index (χ4n) is 1.75. The van der Waals surface area contributed by atoms with E-state index in [0.717, 1.165) is 0 Å². The second-order valence-electron chi connectivity index (χ2n) is 3.50. The van der Waals surface area contributed by atoms with Crippen LogP contribution in [-0.2, 0) is 6.18 Å². The molecule has 0 atom stereocenters. The number of fused-ring (bicyclic) bond motifs is 1. The minimum absolute atomic E-state index is 0.0972. The van der Waals surface area contributed by atoms with Crippen LogP contribution in [0.5, 0.6) is 0 Å². The topological polar surface area (TPSA) is 38.9 Å². The molecule has 16 heavy (non-hydrogen) atoms. The molecule has 2 aromatic rings. The Morgan fingerprint density at radius 3 is 2.25 bits per heavy atom. The van der Waals surface area contributed by atoms with Gasteiger partial charge in [-0.3, -0.25) is 0 Å². The van der Waals surface area contributed by atoms with Crippen molar-refractivity contribution in [2.24, 2.45) is 0 Å². The highest BCUT2D eigenvalue weighted by molar-refractivity contribution is 5.90. The monoisotopic (exact) mass is 226 g/mol. The number of hydrogen-bond acceptors (Lipinski definition) is 2. The molecule has 5 heteroatoms. The first-order chi connectivity index (χ1) is 7.41. The lowest BCUT2D eigenvalue weighted by atomic mass is 10.0. The van der Waals surface area contributed by atoms with Gasteiger partial charge in [0, 0.05) is 11.1 Å². The molecule has 0 aliphatic heterocycles. The number of nitrogen functional groups attached to an aromatic ring is 1. The SMILES string of the molecule is Cc1nc(N)c(C(F)(F)F)c2ccccc12. The second-order valence-corrected chi connectivity index (χ2v) is 3.50. The average Bonchev–Trinajstić information content (AvgIpc) is 2.15. The predicted octanol–water partition coefficient (Wildman–Crippen LogP) is 3.14. The molecule has 1 aromatic carbocycles. The Hall–Kier alpha value is -1.78. The van der Waals surface area contributed by atoms with Crippen molar-refractivity contribution in [3.05, 3.63) is 35.5 Å². The molecule has 0 aliphatic rings. The van der Waals surface area contributed by atoms with Crippen LogP contribution >= 0.6 is 0 Å². The molecule has 0 saturated carbocycles. The summed E-state index contributed by atoms with van der Waals surface area (Å²) in [6.07, 6.45) is -4.48. The quantitative estimate of drug-likeness (QED) is 0.749. The maximum absolute atomic E-state index is 12.8. The van der Waals surface area contributed by atoms with Crippen LogP contribution in [0, 0.1) is 6.92 Å². The van der Waals surface area contributed by atoms with Gasteiger partial charge in [0.15, 0.2) is 0 Å². The Labute approximate surface area is 89.9 Å². The van der Waals surface area contributed by atoms with Gasteiger partial charge in [0.2, 0.25) is 0 Å². The van der Waals surface area contributed by atoms with Gasteiger partial charge < -0.3 is 5.73 Å². The Morgan fingerprint density at radius 1 is 1.12 bits per heavy atom. The van der Waals surface area contributed by atoms with Crippen molar-refractivity contribution in [3.63, 3.8) is 0 Å². The van der Waals surface area contributed by atoms with Crippen molar-refractivity contribution in [1.82, 2.24) is 4.98 Å². The van der Waals surface area contributed by atoms with Crippen LogP contribution in [0.3, 0.4) is 0 Å². The normalized spacial score (nSPS) is 12.0. The molecule has 0 saturated heterocycles. The van der Waals surface area contributed by atoms with E-state index in [1.165, 1.54) is 6.07 Å². The van der Waals surface area contributed by atoms with Crippen molar-refractivity contribution < 1.29 is 13.2 Å². The number of alkyl halides is 3. The van der Waals surface area contributed by atoms with E-state index in [0.29, 0.717) is 11.1 Å². The molecule has 0 aliphatic carbocycles. The molecule has 0 spiro atoms. The summed E-state index contributed by atoms with van der Waals surface area (Å²) in [5.41, 5.74) is 4.99. The van der Waals surface area contributed by atoms with E-state index in [-0.39, 0.29) is 5.39 Å². The Bertz CT molecular complexity index is 547. The summed E-state index contributed by atoms with van der Waals surface area (Å²) in [6.45, 7) is 1.64. The fraction of sp³-hybridized carbons (Fsp3) is 0.182. The third-order valence-corrected chi connectivity index (χ3v) is 2.41. The molecule has 1 aromatic heterocycles. The van der Waals surface area contributed by atoms with Crippen LogP contribution in [0.1, 0.15) is 11.3 Å². The number of aromatic nitrogens is 1. The maximum atomic E-state index is 12.8. The molecule has 2 rings (SSSR count). The fourth-order valence-corrected chi connectivity index (χ4v) is 1.75. The summed E-state index contributed by atoms with van der Waals surface area (Å²) in [5.74, 6) is -0.469. The Balaban J connectivity index is 2.93. The summed E-state index contributed by atoms with van der Waals surface area (Å²) in [4.78, 5) is 3.73. The molecule has 0 amide bonds. The zero-order valence-corrected chi connectivity index (χ0v) is 8.47. The maximum Gasteiger partial charge on any atom is 0.420 e. The van der Waals surface area contributed by atoms with Gasteiger partial charge in [-0.2, -0.15) is 13.2 Å². The lowest BCUT2D eigenvalue weighted by molar-refractivity contribution is -0.135. The van der Waals surface area contributed by atoms with Crippen LogP contribution in [0.15, 0.2) is 24.3 Å². The van der Waals surface area contributed by atoms with Gasteiger partial charge in [-0.1, -0.05) is 24.3 Å². The highest BCUT2D eigenvalue weighted by Crippen LogP contribution is 2.38. The standard InChI is InChI=1S/C11H9F3N2/c1-6-7-4-2-3-5-8(7)9(10(15)16-6)11(12,13)14/h2-5H,1H3,(H2,15,16). The van der Waals surface area contributed by atoms with E-state index in [4.69, 9.17) is 5.73 Å². The van der Waals surface area contributed by atoms with Crippen molar-refractivity contribution in [2.45, 2.75) is 13.1 Å². The number of nitrogens with zero attached hydrogens (tertiary/aromatic N) is 1. The molecular formula is C11H9F3N2. The summed E-state index contributed by atoms with van der Waals surface area (Å²) < 4.78 is 38.4. The van der Waals surface area contributed by atoms with Crippen LogP contribution in [0.4, 0.5) is 19.0 Å². The average molecular weight is 226 g/mol. The molecule has 2 nitrogen and oxygen atoms in total. The number of nitrogens with two attached hydrogens (primary N) is 1. The highest BCUT2D eigenvalue weighted by atomic mass is 19.4. The van der Waals surface area contributed by atoms with E-state index in [2.05, 4.69) is 4.98 Å². The van der Waals surface area contributed by atoms with E-state index in [1.807, 2.05) is 0 Å². The summed E-state index contributed by atoms with van der Waals surface area (Å²) in [5, 5.41) is 0.573. The lowest BCUT2D eigenvalue weighted by Crippen LogP contribution is -2.12. The minimum atomic E-state index is -4.48.